The third kappa shape index (κ3) is 4.30. The lowest BCUT2D eigenvalue weighted by molar-refractivity contribution is -0.115. The van der Waals surface area contributed by atoms with E-state index in [4.69, 9.17) is 4.42 Å². The number of nitrogens with zero attached hydrogens (tertiary/aromatic N) is 3. The minimum atomic E-state index is -0.389. The molecular formula is C18H13N5O3S2. The molecule has 0 aliphatic carbocycles. The highest BCUT2D eigenvalue weighted by Crippen LogP contribution is 2.23. The number of aromatic nitrogens is 3. The van der Waals surface area contributed by atoms with Crippen LogP contribution in [0.2, 0.25) is 0 Å². The van der Waals surface area contributed by atoms with E-state index in [9.17, 15) is 9.59 Å². The van der Waals surface area contributed by atoms with Crippen LogP contribution in [-0.4, -0.2) is 26.8 Å². The van der Waals surface area contributed by atoms with E-state index in [0.29, 0.717) is 21.7 Å². The van der Waals surface area contributed by atoms with Crippen LogP contribution in [0.4, 0.5) is 10.3 Å². The smallest absolute Gasteiger partial charge is 0.293 e. The van der Waals surface area contributed by atoms with Crippen molar-refractivity contribution in [1.82, 2.24) is 15.0 Å². The summed E-state index contributed by atoms with van der Waals surface area (Å²) in [5, 5.41) is 9.84. The SMILES string of the molecule is O=C(Cc1csc(NC(=O)c2ccco2)n1)Nc1nc(-c2ccccn2)cs1. The summed E-state index contributed by atoms with van der Waals surface area (Å²) in [4.78, 5) is 37.0. The summed E-state index contributed by atoms with van der Waals surface area (Å²) < 4.78 is 5.03. The monoisotopic (exact) mass is 411 g/mol. The second-order valence-electron chi connectivity index (χ2n) is 5.55. The molecule has 2 amide bonds. The Morgan fingerprint density at radius 2 is 1.82 bits per heavy atom. The molecule has 0 aliphatic rings. The van der Waals surface area contributed by atoms with Gasteiger partial charge in [-0.15, -0.1) is 22.7 Å². The van der Waals surface area contributed by atoms with Crippen molar-refractivity contribution in [2.24, 2.45) is 0 Å². The van der Waals surface area contributed by atoms with Gasteiger partial charge in [0.15, 0.2) is 16.0 Å². The number of anilines is 2. The van der Waals surface area contributed by atoms with E-state index in [1.807, 2.05) is 23.6 Å². The molecule has 0 aliphatic heterocycles. The first-order valence-corrected chi connectivity index (χ1v) is 9.89. The van der Waals surface area contributed by atoms with Gasteiger partial charge in [0.2, 0.25) is 5.91 Å². The molecule has 0 fully saturated rings. The second-order valence-corrected chi connectivity index (χ2v) is 7.27. The van der Waals surface area contributed by atoms with Crippen LogP contribution in [0.15, 0.2) is 58.0 Å². The summed E-state index contributed by atoms with van der Waals surface area (Å²) in [6.45, 7) is 0. The summed E-state index contributed by atoms with van der Waals surface area (Å²) in [5.41, 5.74) is 2.01. The van der Waals surface area contributed by atoms with Gasteiger partial charge >= 0.3 is 0 Å². The second kappa shape index (κ2) is 8.11. The van der Waals surface area contributed by atoms with E-state index in [-0.39, 0.29) is 24.0 Å². The third-order valence-corrected chi connectivity index (χ3v) is 5.10. The Bertz CT molecular complexity index is 1090. The van der Waals surface area contributed by atoms with E-state index in [0.717, 1.165) is 5.69 Å². The van der Waals surface area contributed by atoms with Crippen molar-refractivity contribution in [3.8, 4) is 11.4 Å². The number of amides is 2. The molecule has 0 unspecified atom stereocenters. The summed E-state index contributed by atoms with van der Waals surface area (Å²) >= 11 is 2.57. The van der Waals surface area contributed by atoms with Crippen molar-refractivity contribution < 1.29 is 14.0 Å². The van der Waals surface area contributed by atoms with Gasteiger partial charge in [-0.3, -0.25) is 19.9 Å². The topological polar surface area (TPSA) is 110 Å². The van der Waals surface area contributed by atoms with Gasteiger partial charge in [-0.2, -0.15) is 0 Å². The first-order valence-electron chi connectivity index (χ1n) is 8.13. The molecule has 4 heterocycles. The molecule has 8 nitrogen and oxygen atoms in total. The molecule has 0 bridgehead atoms. The van der Waals surface area contributed by atoms with Crippen LogP contribution in [0.5, 0.6) is 0 Å². The highest BCUT2D eigenvalue weighted by molar-refractivity contribution is 7.14. The van der Waals surface area contributed by atoms with Gasteiger partial charge in [0.25, 0.3) is 5.91 Å². The van der Waals surface area contributed by atoms with Crippen LogP contribution in [0.3, 0.4) is 0 Å². The molecule has 28 heavy (non-hydrogen) atoms. The summed E-state index contributed by atoms with van der Waals surface area (Å²) in [7, 11) is 0. The van der Waals surface area contributed by atoms with Crippen molar-refractivity contribution in [2.45, 2.75) is 6.42 Å². The van der Waals surface area contributed by atoms with Crippen molar-refractivity contribution in [2.75, 3.05) is 10.6 Å². The van der Waals surface area contributed by atoms with Crippen molar-refractivity contribution in [3.05, 3.63) is 65.0 Å². The van der Waals surface area contributed by atoms with Gasteiger partial charge < -0.3 is 9.73 Å². The van der Waals surface area contributed by atoms with Crippen LogP contribution in [0.25, 0.3) is 11.4 Å². The number of carbonyl (C=O) groups is 2. The number of furan rings is 1. The molecule has 4 rings (SSSR count). The van der Waals surface area contributed by atoms with E-state index < -0.39 is 0 Å². The van der Waals surface area contributed by atoms with Gasteiger partial charge in [-0.1, -0.05) is 6.07 Å². The molecule has 0 atom stereocenters. The standard InChI is InChI=1S/C18H13N5O3S2/c24-15(22-18-21-13(10-28-18)12-4-1-2-6-19-12)8-11-9-27-17(20-11)23-16(25)14-5-3-7-26-14/h1-7,9-10H,8H2,(H,20,23,25)(H,21,22,24). The molecule has 10 heteroatoms. The lowest BCUT2D eigenvalue weighted by Gasteiger charge is -2.00. The number of hydrogen-bond donors (Lipinski definition) is 2. The van der Waals surface area contributed by atoms with Crippen LogP contribution in [-0.2, 0) is 11.2 Å². The molecule has 0 aromatic carbocycles. The van der Waals surface area contributed by atoms with Gasteiger partial charge in [0.1, 0.15) is 5.69 Å². The highest BCUT2D eigenvalue weighted by atomic mass is 32.1. The Kier molecular flexibility index (Phi) is 5.22. The first kappa shape index (κ1) is 18.0. The van der Waals surface area contributed by atoms with Crippen molar-refractivity contribution in [1.29, 1.82) is 0 Å². The zero-order valence-electron chi connectivity index (χ0n) is 14.3. The lowest BCUT2D eigenvalue weighted by atomic mass is 10.3. The van der Waals surface area contributed by atoms with Gasteiger partial charge in [0, 0.05) is 17.0 Å². The molecule has 0 radical (unpaired) electrons. The maximum atomic E-state index is 12.2. The number of pyridine rings is 1. The third-order valence-electron chi connectivity index (χ3n) is 3.54. The molecule has 0 saturated carbocycles. The number of hydrogen-bond acceptors (Lipinski definition) is 8. The van der Waals surface area contributed by atoms with Gasteiger partial charge in [-0.25, -0.2) is 9.97 Å². The minimum absolute atomic E-state index is 0.0750. The molecular weight excluding hydrogens is 398 g/mol. The fraction of sp³-hybridized carbons (Fsp3) is 0.0556. The highest BCUT2D eigenvalue weighted by Gasteiger charge is 2.14. The Labute approximate surface area is 167 Å². The molecule has 140 valence electrons. The van der Waals surface area contributed by atoms with Gasteiger partial charge in [-0.05, 0) is 24.3 Å². The van der Waals surface area contributed by atoms with Crippen molar-refractivity contribution >= 4 is 44.8 Å². The molecule has 4 aromatic rings. The van der Waals surface area contributed by atoms with Gasteiger partial charge in [0.05, 0.1) is 24.1 Å². The van der Waals surface area contributed by atoms with E-state index >= 15 is 0 Å². The lowest BCUT2D eigenvalue weighted by Crippen LogP contribution is -2.15. The minimum Gasteiger partial charge on any atom is -0.459 e. The molecule has 0 saturated heterocycles. The maximum Gasteiger partial charge on any atom is 0.293 e. The summed E-state index contributed by atoms with van der Waals surface area (Å²) in [6, 6.07) is 8.76. The number of thiazole rings is 2. The van der Waals surface area contributed by atoms with Crippen LogP contribution in [0.1, 0.15) is 16.2 Å². The van der Waals surface area contributed by atoms with E-state index in [1.54, 1.807) is 23.7 Å². The Balaban J connectivity index is 1.34. The van der Waals surface area contributed by atoms with Crippen LogP contribution < -0.4 is 10.6 Å². The Morgan fingerprint density at radius 1 is 0.964 bits per heavy atom. The van der Waals surface area contributed by atoms with Crippen molar-refractivity contribution in [3.63, 3.8) is 0 Å². The average Bonchev–Trinajstić information content (AvgIpc) is 3.44. The Hall–Kier alpha value is -3.37. The summed E-state index contributed by atoms with van der Waals surface area (Å²) in [6.07, 6.45) is 3.19. The number of carbonyl (C=O) groups excluding carboxylic acids is 2. The maximum absolute atomic E-state index is 12.2. The molecule has 0 spiro atoms. The number of nitrogens with one attached hydrogen (secondary N) is 2. The van der Waals surface area contributed by atoms with Crippen LogP contribution >= 0.6 is 22.7 Å². The summed E-state index contributed by atoms with van der Waals surface area (Å²) in [5.74, 6) is -0.432. The predicted molar refractivity (Wildman–Crippen MR) is 106 cm³/mol. The van der Waals surface area contributed by atoms with E-state index in [1.165, 1.54) is 28.9 Å². The van der Waals surface area contributed by atoms with E-state index in [2.05, 4.69) is 25.6 Å². The zero-order chi connectivity index (χ0) is 19.3. The first-order chi connectivity index (χ1) is 13.7. The number of rotatable bonds is 6. The predicted octanol–water partition coefficient (Wildman–Crippen LogP) is 3.69. The molecule has 2 N–H and O–H groups in total. The average molecular weight is 411 g/mol. The zero-order valence-corrected chi connectivity index (χ0v) is 15.9. The normalized spacial score (nSPS) is 10.6. The quantitative estimate of drug-likeness (QED) is 0.501. The fourth-order valence-corrected chi connectivity index (χ4v) is 3.73. The molecule has 4 aromatic heterocycles. The Morgan fingerprint density at radius 3 is 2.61 bits per heavy atom. The fourth-order valence-electron chi connectivity index (χ4n) is 2.30. The van der Waals surface area contributed by atoms with Crippen LogP contribution in [0, 0.1) is 0 Å². The largest absolute Gasteiger partial charge is 0.459 e.